The first-order valence-electron chi connectivity index (χ1n) is 4.69. The lowest BCUT2D eigenvalue weighted by molar-refractivity contribution is 0.322. The molecule has 0 rings (SSSR count). The SMILES string of the molecule is CCCCCO[SiH2]CCCN. The maximum absolute atomic E-state index is 5.52. The largest absolute Gasteiger partial charge is 0.424 e. The molecule has 0 aliphatic heterocycles. The van der Waals surface area contributed by atoms with Crippen LogP contribution in [0.1, 0.15) is 32.6 Å². The second-order valence-corrected chi connectivity index (χ2v) is 4.34. The van der Waals surface area contributed by atoms with E-state index in [-0.39, 0.29) is 9.76 Å². The van der Waals surface area contributed by atoms with Crippen molar-refractivity contribution in [2.75, 3.05) is 13.2 Å². The lowest BCUT2D eigenvalue weighted by Crippen LogP contribution is -2.04. The Morgan fingerprint density at radius 2 is 2.09 bits per heavy atom. The van der Waals surface area contributed by atoms with Crippen molar-refractivity contribution >= 4 is 9.76 Å². The second kappa shape index (κ2) is 10.1. The summed E-state index contributed by atoms with van der Waals surface area (Å²) in [6.07, 6.45) is 4.99. The van der Waals surface area contributed by atoms with Crippen LogP contribution in [0.3, 0.4) is 0 Å². The summed E-state index contributed by atoms with van der Waals surface area (Å²) >= 11 is 0. The summed E-state index contributed by atoms with van der Waals surface area (Å²) in [4.78, 5) is 0. The number of rotatable bonds is 8. The molecule has 0 spiro atoms. The Bertz CT molecular complexity index is 63.1. The minimum absolute atomic E-state index is 0.208. The average Bonchev–Trinajstić information content (AvgIpc) is 2.03. The molecular formula is C8H21NOSi. The topological polar surface area (TPSA) is 35.2 Å². The molecule has 0 radical (unpaired) electrons. The van der Waals surface area contributed by atoms with Gasteiger partial charge >= 0.3 is 0 Å². The smallest absolute Gasteiger partial charge is 0.161 e. The highest BCUT2D eigenvalue weighted by atomic mass is 28.2. The molecule has 3 heteroatoms. The van der Waals surface area contributed by atoms with Crippen LogP contribution in [-0.4, -0.2) is 22.9 Å². The summed E-state index contributed by atoms with van der Waals surface area (Å²) in [7, 11) is -0.208. The van der Waals surface area contributed by atoms with Crippen LogP contribution in [0, 0.1) is 0 Å². The van der Waals surface area contributed by atoms with Crippen LogP contribution in [0.2, 0.25) is 6.04 Å². The van der Waals surface area contributed by atoms with E-state index < -0.39 is 0 Å². The van der Waals surface area contributed by atoms with Gasteiger partial charge < -0.3 is 10.2 Å². The van der Waals surface area contributed by atoms with Crippen molar-refractivity contribution in [3.8, 4) is 0 Å². The summed E-state index contributed by atoms with van der Waals surface area (Å²) in [5, 5.41) is 0. The zero-order valence-electron chi connectivity index (χ0n) is 7.64. The molecule has 2 nitrogen and oxygen atoms in total. The maximum Gasteiger partial charge on any atom is 0.161 e. The Morgan fingerprint density at radius 3 is 2.73 bits per heavy atom. The highest BCUT2D eigenvalue weighted by Gasteiger charge is 1.89. The van der Waals surface area contributed by atoms with Crippen molar-refractivity contribution in [3.63, 3.8) is 0 Å². The maximum atomic E-state index is 5.52. The van der Waals surface area contributed by atoms with E-state index >= 15 is 0 Å². The quantitative estimate of drug-likeness (QED) is 0.442. The monoisotopic (exact) mass is 175 g/mol. The first-order chi connectivity index (χ1) is 5.41. The summed E-state index contributed by atoms with van der Waals surface area (Å²) < 4.78 is 5.52. The van der Waals surface area contributed by atoms with Crippen molar-refractivity contribution in [2.45, 2.75) is 38.7 Å². The fraction of sp³-hybridized carbons (Fsp3) is 1.00. The van der Waals surface area contributed by atoms with Crippen LogP contribution in [0.5, 0.6) is 0 Å². The van der Waals surface area contributed by atoms with E-state index in [1.165, 1.54) is 25.3 Å². The van der Waals surface area contributed by atoms with Gasteiger partial charge in [-0.25, -0.2) is 0 Å². The molecular weight excluding hydrogens is 154 g/mol. The van der Waals surface area contributed by atoms with E-state index in [1.54, 1.807) is 0 Å². The van der Waals surface area contributed by atoms with E-state index in [0.717, 1.165) is 19.6 Å². The summed E-state index contributed by atoms with van der Waals surface area (Å²) in [6, 6.07) is 1.25. The van der Waals surface area contributed by atoms with Crippen molar-refractivity contribution < 1.29 is 4.43 Å². The molecule has 0 amide bonds. The number of nitrogens with two attached hydrogens (primary N) is 1. The van der Waals surface area contributed by atoms with Gasteiger partial charge in [-0.15, -0.1) is 0 Å². The van der Waals surface area contributed by atoms with Gasteiger partial charge in [0.1, 0.15) is 0 Å². The highest BCUT2D eigenvalue weighted by molar-refractivity contribution is 6.26. The Morgan fingerprint density at radius 1 is 1.27 bits per heavy atom. The van der Waals surface area contributed by atoms with Crippen LogP contribution in [0.25, 0.3) is 0 Å². The van der Waals surface area contributed by atoms with Crippen molar-refractivity contribution in [2.24, 2.45) is 5.73 Å². The number of hydrogen-bond acceptors (Lipinski definition) is 2. The third-order valence-corrected chi connectivity index (χ3v) is 3.00. The van der Waals surface area contributed by atoms with Crippen molar-refractivity contribution in [3.05, 3.63) is 0 Å². The molecule has 0 saturated heterocycles. The third-order valence-electron chi connectivity index (χ3n) is 1.64. The lowest BCUT2D eigenvalue weighted by Gasteiger charge is -2.01. The van der Waals surface area contributed by atoms with Gasteiger partial charge in [0.15, 0.2) is 9.76 Å². The zero-order chi connectivity index (χ0) is 8.36. The number of unbranched alkanes of at least 4 members (excludes halogenated alkanes) is 2. The second-order valence-electron chi connectivity index (χ2n) is 2.82. The van der Waals surface area contributed by atoms with Gasteiger partial charge in [0.05, 0.1) is 0 Å². The molecule has 0 heterocycles. The average molecular weight is 175 g/mol. The highest BCUT2D eigenvalue weighted by Crippen LogP contribution is 1.94. The van der Waals surface area contributed by atoms with E-state index in [2.05, 4.69) is 6.92 Å². The molecule has 0 unspecified atom stereocenters. The van der Waals surface area contributed by atoms with Gasteiger partial charge in [-0.2, -0.15) is 0 Å². The molecule has 0 aliphatic carbocycles. The van der Waals surface area contributed by atoms with E-state index in [1.807, 2.05) is 0 Å². The zero-order valence-corrected chi connectivity index (χ0v) is 9.06. The van der Waals surface area contributed by atoms with Crippen LogP contribution < -0.4 is 5.73 Å². The molecule has 2 N–H and O–H groups in total. The van der Waals surface area contributed by atoms with Gasteiger partial charge in [-0.1, -0.05) is 19.8 Å². The Hall–Kier alpha value is 0.137. The van der Waals surface area contributed by atoms with Gasteiger partial charge in [0, 0.05) is 6.61 Å². The molecule has 11 heavy (non-hydrogen) atoms. The minimum Gasteiger partial charge on any atom is -0.424 e. The van der Waals surface area contributed by atoms with Gasteiger partial charge in [-0.05, 0) is 25.4 Å². The standard InChI is InChI=1S/C8H21NOSi/c1-2-3-4-7-10-11-8-5-6-9/h2-9,11H2,1H3. The van der Waals surface area contributed by atoms with Crippen molar-refractivity contribution in [1.82, 2.24) is 0 Å². The van der Waals surface area contributed by atoms with Crippen LogP contribution in [0.4, 0.5) is 0 Å². The molecule has 0 aliphatic rings. The van der Waals surface area contributed by atoms with E-state index in [4.69, 9.17) is 10.2 Å². The van der Waals surface area contributed by atoms with Gasteiger partial charge in [0.2, 0.25) is 0 Å². The van der Waals surface area contributed by atoms with E-state index in [9.17, 15) is 0 Å². The van der Waals surface area contributed by atoms with Gasteiger partial charge in [-0.3, -0.25) is 0 Å². The van der Waals surface area contributed by atoms with Crippen molar-refractivity contribution in [1.29, 1.82) is 0 Å². The molecule has 0 aromatic heterocycles. The first kappa shape index (κ1) is 11.1. The molecule has 0 fully saturated rings. The predicted molar refractivity (Wildman–Crippen MR) is 52.5 cm³/mol. The fourth-order valence-electron chi connectivity index (χ4n) is 0.905. The summed E-state index contributed by atoms with van der Waals surface area (Å²) in [5.41, 5.74) is 5.36. The number of hydrogen-bond donors (Lipinski definition) is 1. The van der Waals surface area contributed by atoms with Crippen LogP contribution in [-0.2, 0) is 4.43 Å². The molecule has 0 atom stereocenters. The molecule has 0 aromatic rings. The molecule has 0 aromatic carbocycles. The third kappa shape index (κ3) is 10.1. The van der Waals surface area contributed by atoms with E-state index in [0.29, 0.717) is 0 Å². The van der Waals surface area contributed by atoms with Crippen LogP contribution >= 0.6 is 0 Å². The summed E-state index contributed by atoms with van der Waals surface area (Å²) in [6.45, 7) is 4.03. The molecule has 68 valence electrons. The normalized spacial score (nSPS) is 11.5. The fourth-order valence-corrected chi connectivity index (χ4v) is 2.01. The lowest BCUT2D eigenvalue weighted by atomic mass is 10.3. The molecule has 0 saturated carbocycles. The van der Waals surface area contributed by atoms with Gasteiger partial charge in [0.25, 0.3) is 0 Å². The Balaban J connectivity index is 2.69. The Labute approximate surface area is 72.4 Å². The molecule has 0 bridgehead atoms. The predicted octanol–water partition coefficient (Wildman–Crippen LogP) is 1.04. The first-order valence-corrected chi connectivity index (χ1v) is 6.27. The summed E-state index contributed by atoms with van der Waals surface area (Å²) in [5.74, 6) is 0. The minimum atomic E-state index is -0.208. The Kier molecular flexibility index (Phi) is 10.3. The van der Waals surface area contributed by atoms with Crippen LogP contribution in [0.15, 0.2) is 0 Å².